The lowest BCUT2D eigenvalue weighted by molar-refractivity contribution is 0.0506. The first-order valence-electron chi connectivity index (χ1n) is 4.71. The SMILES string of the molecule is CCOC(=O)c1nc(Cl)cc(OC)c1C(F)F. The van der Waals surface area contributed by atoms with Gasteiger partial charge < -0.3 is 9.47 Å². The molecular formula is C10H10ClF2NO3. The number of pyridine rings is 1. The van der Waals surface area contributed by atoms with Crippen molar-refractivity contribution in [3.05, 3.63) is 22.5 Å². The van der Waals surface area contributed by atoms with Gasteiger partial charge in [0.1, 0.15) is 10.9 Å². The standard InChI is InChI=1S/C10H10ClF2NO3/c1-3-17-10(15)8-7(9(12)13)5(16-2)4-6(11)14-8/h4,9H,3H2,1-2H3. The van der Waals surface area contributed by atoms with Crippen LogP contribution < -0.4 is 4.74 Å². The zero-order valence-corrected chi connectivity index (χ0v) is 9.92. The molecule has 0 saturated heterocycles. The highest BCUT2D eigenvalue weighted by molar-refractivity contribution is 6.29. The van der Waals surface area contributed by atoms with Crippen LogP contribution in [-0.4, -0.2) is 24.7 Å². The molecule has 0 bridgehead atoms. The van der Waals surface area contributed by atoms with Crippen molar-refractivity contribution < 1.29 is 23.0 Å². The molecule has 94 valence electrons. The van der Waals surface area contributed by atoms with Crippen molar-refractivity contribution in [3.63, 3.8) is 0 Å². The van der Waals surface area contributed by atoms with E-state index in [1.807, 2.05) is 0 Å². The van der Waals surface area contributed by atoms with Gasteiger partial charge in [-0.3, -0.25) is 0 Å². The van der Waals surface area contributed by atoms with Gasteiger partial charge in [-0.2, -0.15) is 0 Å². The predicted octanol–water partition coefficient (Wildman–Crippen LogP) is 2.86. The Morgan fingerprint density at radius 1 is 1.59 bits per heavy atom. The Hall–Kier alpha value is -1.43. The van der Waals surface area contributed by atoms with Gasteiger partial charge in [-0.05, 0) is 6.92 Å². The molecule has 1 aromatic heterocycles. The van der Waals surface area contributed by atoms with Crippen LogP contribution in [0.3, 0.4) is 0 Å². The Labute approximate surface area is 101 Å². The number of ether oxygens (including phenoxy) is 2. The molecule has 0 amide bonds. The van der Waals surface area contributed by atoms with Crippen LogP contribution in [0.25, 0.3) is 0 Å². The molecule has 4 nitrogen and oxygen atoms in total. The first-order chi connectivity index (χ1) is 8.01. The highest BCUT2D eigenvalue weighted by Crippen LogP contribution is 2.33. The fourth-order valence-electron chi connectivity index (χ4n) is 1.24. The van der Waals surface area contributed by atoms with Crippen molar-refractivity contribution in [1.82, 2.24) is 4.98 Å². The maximum absolute atomic E-state index is 12.8. The van der Waals surface area contributed by atoms with Gasteiger partial charge in [0.25, 0.3) is 6.43 Å². The Kier molecular flexibility index (Phi) is 4.62. The summed E-state index contributed by atoms with van der Waals surface area (Å²) in [4.78, 5) is 15.0. The van der Waals surface area contributed by atoms with Crippen LogP contribution in [0, 0.1) is 0 Å². The molecule has 0 aliphatic rings. The van der Waals surface area contributed by atoms with E-state index in [0.717, 1.165) is 6.07 Å². The third kappa shape index (κ3) is 3.03. The molecule has 0 unspecified atom stereocenters. The van der Waals surface area contributed by atoms with Gasteiger partial charge in [-0.1, -0.05) is 11.6 Å². The van der Waals surface area contributed by atoms with Gasteiger partial charge in [0.05, 0.1) is 19.3 Å². The number of hydrogen-bond donors (Lipinski definition) is 0. The summed E-state index contributed by atoms with van der Waals surface area (Å²) in [6.07, 6.45) is -2.91. The largest absolute Gasteiger partial charge is 0.496 e. The van der Waals surface area contributed by atoms with E-state index < -0.39 is 23.7 Å². The van der Waals surface area contributed by atoms with E-state index in [-0.39, 0.29) is 17.5 Å². The number of esters is 1. The van der Waals surface area contributed by atoms with Crippen molar-refractivity contribution in [1.29, 1.82) is 0 Å². The highest BCUT2D eigenvalue weighted by atomic mass is 35.5. The lowest BCUT2D eigenvalue weighted by Gasteiger charge is -2.12. The number of halogens is 3. The van der Waals surface area contributed by atoms with Gasteiger partial charge in [0.15, 0.2) is 5.69 Å². The van der Waals surface area contributed by atoms with Gasteiger partial charge in [0, 0.05) is 6.07 Å². The van der Waals surface area contributed by atoms with Crippen molar-refractivity contribution in [2.24, 2.45) is 0 Å². The normalized spacial score (nSPS) is 10.5. The molecular weight excluding hydrogens is 256 g/mol. The number of carbonyl (C=O) groups is 1. The molecule has 1 heterocycles. The quantitative estimate of drug-likeness (QED) is 0.620. The smallest absolute Gasteiger partial charge is 0.357 e. The molecule has 0 saturated carbocycles. The summed E-state index contributed by atoms with van der Waals surface area (Å²) in [6.45, 7) is 1.61. The summed E-state index contributed by atoms with van der Waals surface area (Å²) in [5.41, 5.74) is -1.14. The molecule has 1 aromatic rings. The molecule has 1 rings (SSSR count). The second-order valence-electron chi connectivity index (χ2n) is 2.93. The van der Waals surface area contributed by atoms with Crippen LogP contribution in [0.5, 0.6) is 5.75 Å². The summed E-state index contributed by atoms with van der Waals surface area (Å²) in [5.74, 6) is -1.15. The number of hydrogen-bond acceptors (Lipinski definition) is 4. The monoisotopic (exact) mass is 265 g/mol. The summed E-state index contributed by atoms with van der Waals surface area (Å²) < 4.78 is 35.0. The molecule has 0 aromatic carbocycles. The minimum Gasteiger partial charge on any atom is -0.496 e. The summed E-state index contributed by atoms with van der Waals surface area (Å²) in [7, 11) is 1.20. The van der Waals surface area contributed by atoms with E-state index in [4.69, 9.17) is 16.3 Å². The summed E-state index contributed by atoms with van der Waals surface area (Å²) in [6, 6.07) is 1.12. The summed E-state index contributed by atoms with van der Waals surface area (Å²) in [5, 5.41) is -0.116. The lowest BCUT2D eigenvalue weighted by atomic mass is 10.2. The maximum atomic E-state index is 12.8. The van der Waals surface area contributed by atoms with Crippen molar-refractivity contribution >= 4 is 17.6 Å². The van der Waals surface area contributed by atoms with Crippen molar-refractivity contribution in [2.75, 3.05) is 13.7 Å². The molecule has 0 fully saturated rings. The average Bonchev–Trinajstić information content (AvgIpc) is 2.27. The van der Waals surface area contributed by atoms with E-state index in [2.05, 4.69) is 9.72 Å². The van der Waals surface area contributed by atoms with Crippen LogP contribution in [-0.2, 0) is 4.74 Å². The zero-order chi connectivity index (χ0) is 13.0. The van der Waals surface area contributed by atoms with Crippen LogP contribution in [0.15, 0.2) is 6.07 Å². The minimum absolute atomic E-state index is 0.0536. The Bertz CT molecular complexity index is 426. The van der Waals surface area contributed by atoms with Crippen molar-refractivity contribution in [2.45, 2.75) is 13.3 Å². The fourth-order valence-corrected chi connectivity index (χ4v) is 1.42. The topological polar surface area (TPSA) is 48.4 Å². The van der Waals surface area contributed by atoms with E-state index >= 15 is 0 Å². The number of nitrogens with zero attached hydrogens (tertiary/aromatic N) is 1. The molecule has 7 heteroatoms. The highest BCUT2D eigenvalue weighted by Gasteiger charge is 2.26. The molecule has 0 aliphatic carbocycles. The van der Waals surface area contributed by atoms with E-state index in [1.54, 1.807) is 6.92 Å². The van der Waals surface area contributed by atoms with Crippen LogP contribution in [0.2, 0.25) is 5.15 Å². The molecule has 0 N–H and O–H groups in total. The molecule has 0 radical (unpaired) electrons. The lowest BCUT2D eigenvalue weighted by Crippen LogP contribution is -2.12. The van der Waals surface area contributed by atoms with Crippen LogP contribution >= 0.6 is 11.6 Å². The molecule has 0 aliphatic heterocycles. The zero-order valence-electron chi connectivity index (χ0n) is 9.17. The fraction of sp³-hybridized carbons (Fsp3) is 0.400. The average molecular weight is 266 g/mol. The second kappa shape index (κ2) is 5.77. The second-order valence-corrected chi connectivity index (χ2v) is 3.32. The number of aromatic nitrogens is 1. The van der Waals surface area contributed by atoms with E-state index in [1.165, 1.54) is 7.11 Å². The van der Waals surface area contributed by atoms with Gasteiger partial charge in [-0.15, -0.1) is 0 Å². The van der Waals surface area contributed by atoms with Gasteiger partial charge >= 0.3 is 5.97 Å². The number of carbonyl (C=O) groups excluding carboxylic acids is 1. The number of methoxy groups -OCH3 is 1. The van der Waals surface area contributed by atoms with Crippen LogP contribution in [0.4, 0.5) is 8.78 Å². The molecule has 0 spiro atoms. The number of alkyl halides is 2. The first-order valence-corrected chi connectivity index (χ1v) is 5.08. The van der Waals surface area contributed by atoms with Crippen molar-refractivity contribution in [3.8, 4) is 5.75 Å². The molecule has 17 heavy (non-hydrogen) atoms. The predicted molar refractivity (Wildman–Crippen MR) is 56.7 cm³/mol. The maximum Gasteiger partial charge on any atom is 0.357 e. The van der Waals surface area contributed by atoms with Gasteiger partial charge in [-0.25, -0.2) is 18.6 Å². The third-order valence-corrected chi connectivity index (χ3v) is 2.09. The Balaban J connectivity index is 3.35. The Morgan fingerprint density at radius 2 is 2.24 bits per heavy atom. The first kappa shape index (κ1) is 13.6. The summed E-state index contributed by atoms with van der Waals surface area (Å²) >= 11 is 5.61. The number of rotatable bonds is 4. The Morgan fingerprint density at radius 3 is 2.71 bits per heavy atom. The third-order valence-electron chi connectivity index (χ3n) is 1.90. The van der Waals surface area contributed by atoms with Crippen LogP contribution in [0.1, 0.15) is 29.4 Å². The van der Waals surface area contributed by atoms with E-state index in [9.17, 15) is 13.6 Å². The van der Waals surface area contributed by atoms with Gasteiger partial charge in [0.2, 0.25) is 0 Å². The van der Waals surface area contributed by atoms with E-state index in [0.29, 0.717) is 0 Å². The molecule has 0 atom stereocenters. The minimum atomic E-state index is -2.91.